The molecule has 70 valence electrons. The molecule has 0 radical (unpaired) electrons. The Morgan fingerprint density at radius 1 is 1.17 bits per heavy atom. The van der Waals surface area contributed by atoms with Gasteiger partial charge in [-0.3, -0.25) is 4.90 Å². The van der Waals surface area contributed by atoms with Crippen LogP contribution in [0.15, 0.2) is 0 Å². The molecule has 2 fully saturated rings. The van der Waals surface area contributed by atoms with Crippen LogP contribution in [0.3, 0.4) is 0 Å². The first kappa shape index (κ1) is 8.48. The summed E-state index contributed by atoms with van der Waals surface area (Å²) < 4.78 is 5.87. The average Bonchev–Trinajstić information content (AvgIpc) is 2.29. The Morgan fingerprint density at radius 2 is 1.92 bits per heavy atom. The second-order valence-electron chi connectivity index (χ2n) is 4.21. The van der Waals surface area contributed by atoms with Gasteiger partial charge in [0.1, 0.15) is 0 Å². The lowest BCUT2D eigenvalue weighted by Gasteiger charge is -2.37. The van der Waals surface area contributed by atoms with E-state index < -0.39 is 0 Å². The van der Waals surface area contributed by atoms with Gasteiger partial charge in [0.05, 0.1) is 12.2 Å². The Labute approximate surface area is 74.3 Å². The third kappa shape index (κ3) is 1.37. The fourth-order valence-corrected chi connectivity index (χ4v) is 2.38. The molecule has 2 heterocycles. The summed E-state index contributed by atoms with van der Waals surface area (Å²) in [5, 5.41) is 0. The van der Waals surface area contributed by atoms with Gasteiger partial charge in [0.25, 0.3) is 0 Å². The number of fused-ring (bicyclic) bond motifs is 1. The lowest BCUT2D eigenvalue weighted by Crippen LogP contribution is -2.51. The Kier molecular flexibility index (Phi) is 2.10. The number of rotatable bonds is 0. The highest BCUT2D eigenvalue weighted by Crippen LogP contribution is 2.22. The molecule has 2 aliphatic heterocycles. The average molecular weight is 170 g/mol. The van der Waals surface area contributed by atoms with E-state index in [4.69, 9.17) is 4.74 Å². The second-order valence-corrected chi connectivity index (χ2v) is 4.21. The zero-order valence-corrected chi connectivity index (χ0v) is 8.16. The van der Waals surface area contributed by atoms with Crippen LogP contribution in [0.5, 0.6) is 0 Å². The monoisotopic (exact) mass is 170 g/mol. The van der Waals surface area contributed by atoms with Crippen LogP contribution in [-0.2, 0) is 4.74 Å². The van der Waals surface area contributed by atoms with Crippen LogP contribution in [-0.4, -0.2) is 61.8 Å². The number of likely N-dealkylation sites (tertiary alicyclic amines) is 1. The first-order chi connectivity index (χ1) is 5.66. The largest absolute Gasteiger partial charge is 0.371 e. The molecular formula is C9H18N2O. The van der Waals surface area contributed by atoms with Crippen molar-refractivity contribution in [2.45, 2.75) is 25.2 Å². The topological polar surface area (TPSA) is 15.7 Å². The summed E-state index contributed by atoms with van der Waals surface area (Å²) >= 11 is 0. The van der Waals surface area contributed by atoms with Crippen LogP contribution in [0, 0.1) is 0 Å². The Bertz CT molecular complexity index is 174. The van der Waals surface area contributed by atoms with Gasteiger partial charge < -0.3 is 9.64 Å². The molecule has 0 bridgehead atoms. The van der Waals surface area contributed by atoms with Gasteiger partial charge in [-0.15, -0.1) is 0 Å². The minimum absolute atomic E-state index is 0.405. The Morgan fingerprint density at radius 3 is 2.67 bits per heavy atom. The summed E-state index contributed by atoms with van der Waals surface area (Å²) in [6.45, 7) is 5.49. The first-order valence-corrected chi connectivity index (χ1v) is 4.71. The molecule has 0 aromatic heterocycles. The van der Waals surface area contributed by atoms with Crippen LogP contribution >= 0.6 is 0 Å². The molecule has 3 heteroatoms. The van der Waals surface area contributed by atoms with Crippen molar-refractivity contribution in [3.8, 4) is 0 Å². The molecule has 0 spiro atoms. The summed E-state index contributed by atoms with van der Waals surface area (Å²) in [5.41, 5.74) is 0. The van der Waals surface area contributed by atoms with Crippen LogP contribution < -0.4 is 0 Å². The van der Waals surface area contributed by atoms with Gasteiger partial charge in [-0.05, 0) is 21.0 Å². The van der Waals surface area contributed by atoms with Crippen LogP contribution in [0.2, 0.25) is 0 Å². The quantitative estimate of drug-likeness (QED) is 0.510. The van der Waals surface area contributed by atoms with Crippen molar-refractivity contribution in [2.24, 2.45) is 0 Å². The van der Waals surface area contributed by atoms with Crippen molar-refractivity contribution in [3.05, 3.63) is 0 Å². The molecule has 12 heavy (non-hydrogen) atoms. The molecule has 2 aliphatic rings. The molecule has 3 unspecified atom stereocenters. The maximum absolute atomic E-state index is 5.87. The minimum Gasteiger partial charge on any atom is -0.371 e. The summed E-state index contributed by atoms with van der Waals surface area (Å²) in [6.07, 6.45) is 0.853. The van der Waals surface area contributed by atoms with Gasteiger partial charge >= 0.3 is 0 Å². The lowest BCUT2D eigenvalue weighted by molar-refractivity contribution is -0.0838. The van der Waals surface area contributed by atoms with Crippen LogP contribution in [0.1, 0.15) is 6.92 Å². The van der Waals surface area contributed by atoms with E-state index in [9.17, 15) is 0 Å². The SMILES string of the molecule is CC1CN(C)C2CN(C)CC2O1. The van der Waals surface area contributed by atoms with Gasteiger partial charge in [-0.2, -0.15) is 0 Å². The number of hydrogen-bond acceptors (Lipinski definition) is 3. The second kappa shape index (κ2) is 2.98. The summed E-state index contributed by atoms with van der Waals surface area (Å²) in [6, 6.07) is 0.631. The van der Waals surface area contributed by atoms with Crippen molar-refractivity contribution in [1.29, 1.82) is 0 Å². The van der Waals surface area contributed by atoms with E-state index in [2.05, 4.69) is 30.8 Å². The normalized spacial score (nSPS) is 44.8. The summed E-state index contributed by atoms with van der Waals surface area (Å²) in [4.78, 5) is 4.78. The number of hydrogen-bond donors (Lipinski definition) is 0. The van der Waals surface area contributed by atoms with Crippen molar-refractivity contribution in [3.63, 3.8) is 0 Å². The number of likely N-dealkylation sites (N-methyl/N-ethyl adjacent to an activating group) is 2. The van der Waals surface area contributed by atoms with Crippen molar-refractivity contribution < 1.29 is 4.74 Å². The van der Waals surface area contributed by atoms with E-state index >= 15 is 0 Å². The Balaban J connectivity index is 2.05. The van der Waals surface area contributed by atoms with Gasteiger partial charge in [0, 0.05) is 25.7 Å². The third-order valence-corrected chi connectivity index (χ3v) is 2.94. The van der Waals surface area contributed by atoms with Crippen LogP contribution in [0.4, 0.5) is 0 Å². The first-order valence-electron chi connectivity index (χ1n) is 4.71. The maximum atomic E-state index is 5.87. The van der Waals surface area contributed by atoms with E-state index in [0.717, 1.165) is 19.6 Å². The number of ether oxygens (including phenoxy) is 1. The van der Waals surface area contributed by atoms with Crippen molar-refractivity contribution in [2.75, 3.05) is 33.7 Å². The predicted molar refractivity (Wildman–Crippen MR) is 48.3 cm³/mol. The van der Waals surface area contributed by atoms with E-state index in [1.807, 2.05) is 0 Å². The lowest BCUT2D eigenvalue weighted by atomic mass is 10.1. The molecule has 2 rings (SSSR count). The van der Waals surface area contributed by atoms with E-state index in [-0.39, 0.29) is 0 Å². The summed E-state index contributed by atoms with van der Waals surface area (Å²) in [7, 11) is 4.37. The third-order valence-electron chi connectivity index (χ3n) is 2.94. The molecular weight excluding hydrogens is 152 g/mol. The molecule has 0 N–H and O–H groups in total. The highest BCUT2D eigenvalue weighted by Gasteiger charge is 2.39. The van der Waals surface area contributed by atoms with Gasteiger partial charge in [-0.1, -0.05) is 0 Å². The fraction of sp³-hybridized carbons (Fsp3) is 1.00. The standard InChI is InChI=1S/C9H18N2O/c1-7-4-11(3)8-5-10(2)6-9(8)12-7/h7-9H,4-6H2,1-3H3. The van der Waals surface area contributed by atoms with Gasteiger partial charge in [-0.25, -0.2) is 0 Å². The van der Waals surface area contributed by atoms with Crippen LogP contribution in [0.25, 0.3) is 0 Å². The molecule has 3 nitrogen and oxygen atoms in total. The zero-order valence-electron chi connectivity index (χ0n) is 8.16. The van der Waals surface area contributed by atoms with E-state index in [0.29, 0.717) is 18.2 Å². The molecule has 0 aromatic rings. The smallest absolute Gasteiger partial charge is 0.0873 e. The minimum atomic E-state index is 0.405. The molecule has 0 aliphatic carbocycles. The molecule has 0 aromatic carbocycles. The maximum Gasteiger partial charge on any atom is 0.0873 e. The number of nitrogens with zero attached hydrogens (tertiary/aromatic N) is 2. The molecule has 0 amide bonds. The van der Waals surface area contributed by atoms with Gasteiger partial charge in [0.15, 0.2) is 0 Å². The fourth-order valence-electron chi connectivity index (χ4n) is 2.38. The summed E-state index contributed by atoms with van der Waals surface area (Å²) in [5.74, 6) is 0. The molecule has 3 atom stereocenters. The molecule has 0 saturated carbocycles. The van der Waals surface area contributed by atoms with Crippen molar-refractivity contribution >= 4 is 0 Å². The van der Waals surface area contributed by atoms with Gasteiger partial charge in [0.2, 0.25) is 0 Å². The Hall–Kier alpha value is -0.120. The highest BCUT2D eigenvalue weighted by molar-refractivity contribution is 4.93. The van der Waals surface area contributed by atoms with Crippen molar-refractivity contribution in [1.82, 2.24) is 9.80 Å². The zero-order chi connectivity index (χ0) is 8.72. The highest BCUT2D eigenvalue weighted by atomic mass is 16.5. The number of morpholine rings is 1. The van der Waals surface area contributed by atoms with E-state index in [1.54, 1.807) is 0 Å². The molecule has 2 saturated heterocycles. The van der Waals surface area contributed by atoms with E-state index in [1.165, 1.54) is 0 Å². The predicted octanol–water partition coefficient (Wildman–Crippen LogP) is 0.0195.